The third kappa shape index (κ3) is 6.44. The summed E-state index contributed by atoms with van der Waals surface area (Å²) >= 11 is 0. The van der Waals surface area contributed by atoms with Crippen LogP contribution < -0.4 is 0 Å². The van der Waals surface area contributed by atoms with Crippen LogP contribution in [0.1, 0.15) is 53.4 Å². The summed E-state index contributed by atoms with van der Waals surface area (Å²) in [5.41, 5.74) is -0.185. The minimum Gasteiger partial charge on any atom is -0.462 e. The van der Waals surface area contributed by atoms with Crippen molar-refractivity contribution in [2.24, 2.45) is 5.92 Å². The van der Waals surface area contributed by atoms with Crippen molar-refractivity contribution in [3.05, 3.63) is 23.8 Å². The Balaban J connectivity index is 2.88. The van der Waals surface area contributed by atoms with Gasteiger partial charge in [-0.1, -0.05) is 25.2 Å². The summed E-state index contributed by atoms with van der Waals surface area (Å²) in [4.78, 5) is 11.8. The maximum atomic E-state index is 11.8. The Labute approximate surface area is 127 Å². The summed E-state index contributed by atoms with van der Waals surface area (Å²) in [5.74, 6) is -0.0947. The van der Waals surface area contributed by atoms with E-state index in [0.717, 1.165) is 12.0 Å². The summed E-state index contributed by atoms with van der Waals surface area (Å²) in [6.07, 6.45) is 6.45. The maximum Gasteiger partial charge on any atom is 0.306 e. The standard InChI is InChI=1S/C17H28O4/c1-12-7-8-15(18)13(2)6-5-10-17(4,20)11-9-16(19)21-14(12)3/h5-6,10,12,14-15,18,20H,7-9,11H2,1-4H3/b10-5+,13-6-. The van der Waals surface area contributed by atoms with Crippen LogP contribution in [0.25, 0.3) is 0 Å². The predicted molar refractivity (Wildman–Crippen MR) is 82.7 cm³/mol. The van der Waals surface area contributed by atoms with Gasteiger partial charge < -0.3 is 14.9 Å². The van der Waals surface area contributed by atoms with Crippen LogP contribution in [0.3, 0.4) is 0 Å². The van der Waals surface area contributed by atoms with Gasteiger partial charge in [-0.15, -0.1) is 0 Å². The van der Waals surface area contributed by atoms with Crippen molar-refractivity contribution < 1.29 is 19.7 Å². The Morgan fingerprint density at radius 3 is 2.67 bits per heavy atom. The van der Waals surface area contributed by atoms with Crippen LogP contribution in [-0.2, 0) is 9.53 Å². The van der Waals surface area contributed by atoms with E-state index in [-0.39, 0.29) is 24.4 Å². The lowest BCUT2D eigenvalue weighted by Crippen LogP contribution is -2.26. The van der Waals surface area contributed by atoms with Crippen LogP contribution in [0.15, 0.2) is 23.8 Å². The summed E-state index contributed by atoms with van der Waals surface area (Å²) in [7, 11) is 0. The molecule has 2 N–H and O–H groups in total. The molecule has 4 unspecified atom stereocenters. The van der Waals surface area contributed by atoms with Gasteiger partial charge in [0.05, 0.1) is 11.7 Å². The van der Waals surface area contributed by atoms with E-state index in [1.54, 1.807) is 19.1 Å². The largest absolute Gasteiger partial charge is 0.462 e. The lowest BCUT2D eigenvalue weighted by molar-refractivity contribution is -0.151. The molecule has 0 aliphatic carbocycles. The number of cyclic esters (lactones) is 1. The Bertz CT molecular complexity index is 409. The van der Waals surface area contributed by atoms with E-state index in [9.17, 15) is 15.0 Å². The van der Waals surface area contributed by atoms with Crippen molar-refractivity contribution in [3.63, 3.8) is 0 Å². The lowest BCUT2D eigenvalue weighted by Gasteiger charge is -2.24. The second-order valence-electron chi connectivity index (χ2n) is 6.39. The monoisotopic (exact) mass is 296 g/mol. The Hall–Kier alpha value is -1.13. The summed E-state index contributed by atoms with van der Waals surface area (Å²) in [6, 6.07) is 0. The van der Waals surface area contributed by atoms with Crippen molar-refractivity contribution in [3.8, 4) is 0 Å². The highest BCUT2D eigenvalue weighted by molar-refractivity contribution is 5.69. The van der Waals surface area contributed by atoms with E-state index < -0.39 is 11.7 Å². The third-order valence-electron chi connectivity index (χ3n) is 4.19. The van der Waals surface area contributed by atoms with E-state index in [2.05, 4.69) is 0 Å². The number of aliphatic hydroxyl groups excluding tert-OH is 1. The van der Waals surface area contributed by atoms with Gasteiger partial charge in [0.15, 0.2) is 0 Å². The highest BCUT2D eigenvalue weighted by Crippen LogP contribution is 2.21. The molecular weight excluding hydrogens is 268 g/mol. The zero-order valence-electron chi connectivity index (χ0n) is 13.5. The molecule has 4 atom stereocenters. The molecule has 0 amide bonds. The van der Waals surface area contributed by atoms with Crippen molar-refractivity contribution in [2.75, 3.05) is 0 Å². The van der Waals surface area contributed by atoms with Crippen LogP contribution in [-0.4, -0.2) is 34.0 Å². The Kier molecular flexibility index (Phi) is 6.62. The molecule has 0 aromatic rings. The summed E-state index contributed by atoms with van der Waals surface area (Å²) in [6.45, 7) is 7.44. The first-order valence-electron chi connectivity index (χ1n) is 7.67. The van der Waals surface area contributed by atoms with Crippen LogP contribution in [0, 0.1) is 5.92 Å². The molecule has 0 saturated heterocycles. The number of esters is 1. The number of rotatable bonds is 0. The van der Waals surface area contributed by atoms with Gasteiger partial charge in [-0.25, -0.2) is 0 Å². The number of aliphatic hydroxyl groups is 2. The SMILES string of the molecule is C/C1=C/C=C/C(C)(O)CCC(=O)OC(C)C(C)CCC1O. The molecule has 4 heteroatoms. The molecule has 0 bridgehead atoms. The molecule has 4 nitrogen and oxygen atoms in total. The summed E-state index contributed by atoms with van der Waals surface area (Å²) < 4.78 is 5.39. The zero-order valence-corrected chi connectivity index (χ0v) is 13.5. The fourth-order valence-corrected chi connectivity index (χ4v) is 2.22. The first kappa shape index (κ1) is 17.9. The number of hydrogen-bond donors (Lipinski definition) is 2. The number of carbonyl (C=O) groups is 1. The molecule has 0 saturated carbocycles. The molecule has 1 rings (SSSR count). The molecule has 1 aliphatic heterocycles. The average Bonchev–Trinajstić information content (AvgIpc) is 2.41. The second-order valence-corrected chi connectivity index (χ2v) is 6.39. The molecule has 1 aliphatic rings. The average molecular weight is 296 g/mol. The number of ether oxygens (including phenoxy) is 1. The highest BCUT2D eigenvalue weighted by atomic mass is 16.5. The third-order valence-corrected chi connectivity index (χ3v) is 4.19. The van der Waals surface area contributed by atoms with Gasteiger partial charge in [-0.2, -0.15) is 0 Å². The van der Waals surface area contributed by atoms with E-state index in [4.69, 9.17) is 4.74 Å². The lowest BCUT2D eigenvalue weighted by atomic mass is 9.94. The van der Waals surface area contributed by atoms with Gasteiger partial charge in [0.1, 0.15) is 6.10 Å². The number of hydrogen-bond acceptors (Lipinski definition) is 4. The quantitative estimate of drug-likeness (QED) is 0.675. The molecule has 1 heterocycles. The van der Waals surface area contributed by atoms with Gasteiger partial charge in [0, 0.05) is 6.42 Å². The Morgan fingerprint density at radius 1 is 1.33 bits per heavy atom. The van der Waals surface area contributed by atoms with E-state index in [0.29, 0.717) is 12.8 Å². The number of carbonyl (C=O) groups excluding carboxylic acids is 1. The number of allylic oxidation sites excluding steroid dienone is 2. The first-order chi connectivity index (χ1) is 9.71. The van der Waals surface area contributed by atoms with Crippen molar-refractivity contribution in [1.82, 2.24) is 0 Å². The highest BCUT2D eigenvalue weighted by Gasteiger charge is 2.22. The smallest absolute Gasteiger partial charge is 0.306 e. The predicted octanol–water partition coefficient (Wildman–Crippen LogP) is 2.74. The van der Waals surface area contributed by atoms with Crippen LogP contribution in [0.4, 0.5) is 0 Å². The molecule has 120 valence electrons. The van der Waals surface area contributed by atoms with E-state index in [1.807, 2.05) is 26.8 Å². The van der Waals surface area contributed by atoms with Gasteiger partial charge in [0.25, 0.3) is 0 Å². The topological polar surface area (TPSA) is 66.8 Å². The summed E-state index contributed by atoms with van der Waals surface area (Å²) in [5, 5.41) is 20.3. The van der Waals surface area contributed by atoms with Crippen molar-refractivity contribution in [2.45, 2.75) is 71.2 Å². The van der Waals surface area contributed by atoms with E-state index in [1.165, 1.54) is 0 Å². The maximum absolute atomic E-state index is 11.8. The van der Waals surface area contributed by atoms with Crippen LogP contribution in [0.2, 0.25) is 0 Å². The van der Waals surface area contributed by atoms with Crippen molar-refractivity contribution in [1.29, 1.82) is 0 Å². The van der Waals surface area contributed by atoms with E-state index >= 15 is 0 Å². The molecule has 0 aromatic carbocycles. The zero-order chi connectivity index (χ0) is 16.0. The molecule has 0 fully saturated rings. The normalized spacial score (nSPS) is 40.6. The second kappa shape index (κ2) is 7.76. The fraction of sp³-hybridized carbons (Fsp3) is 0.706. The molecule has 0 aromatic heterocycles. The Morgan fingerprint density at radius 2 is 2.00 bits per heavy atom. The van der Waals surface area contributed by atoms with Crippen LogP contribution >= 0.6 is 0 Å². The van der Waals surface area contributed by atoms with Gasteiger partial charge >= 0.3 is 5.97 Å². The van der Waals surface area contributed by atoms with Gasteiger partial charge in [-0.05, 0) is 51.5 Å². The van der Waals surface area contributed by atoms with Gasteiger partial charge in [0.2, 0.25) is 0 Å². The molecule has 0 radical (unpaired) electrons. The first-order valence-corrected chi connectivity index (χ1v) is 7.67. The molecule has 0 spiro atoms. The fourth-order valence-electron chi connectivity index (χ4n) is 2.22. The van der Waals surface area contributed by atoms with Crippen molar-refractivity contribution >= 4 is 5.97 Å². The minimum absolute atomic E-state index is 0.183. The van der Waals surface area contributed by atoms with Crippen LogP contribution in [0.5, 0.6) is 0 Å². The molecule has 21 heavy (non-hydrogen) atoms. The minimum atomic E-state index is -1.06. The molecular formula is C17H28O4. The van der Waals surface area contributed by atoms with Gasteiger partial charge in [-0.3, -0.25) is 4.79 Å².